The minimum absolute atomic E-state index is 0.240. The van der Waals surface area contributed by atoms with Crippen LogP contribution in [0.25, 0.3) is 0 Å². The normalized spacial score (nSPS) is 15.3. The van der Waals surface area contributed by atoms with Gasteiger partial charge in [-0.1, -0.05) is 24.3 Å². The van der Waals surface area contributed by atoms with Gasteiger partial charge in [-0.15, -0.1) is 0 Å². The number of amides is 9. The van der Waals surface area contributed by atoms with Crippen molar-refractivity contribution in [2.75, 3.05) is 55.2 Å². The molecule has 314 valence electrons. The van der Waals surface area contributed by atoms with Gasteiger partial charge < -0.3 is 23.8 Å². The lowest BCUT2D eigenvalue weighted by atomic mass is 10.0. The Morgan fingerprint density at radius 3 is 1.37 bits per heavy atom. The van der Waals surface area contributed by atoms with Crippen LogP contribution in [0.2, 0.25) is 0 Å². The van der Waals surface area contributed by atoms with E-state index in [1.54, 1.807) is 34.1 Å². The van der Waals surface area contributed by atoms with E-state index in [0.29, 0.717) is 76.0 Å². The first-order chi connectivity index (χ1) is 28.4. The first kappa shape index (κ1) is 45.2. The number of rotatable bonds is 14. The Labute approximate surface area is 342 Å². The maximum atomic E-state index is 11.8. The summed E-state index contributed by atoms with van der Waals surface area (Å²) in [6.07, 6.45) is 4.50. The Morgan fingerprint density at radius 1 is 0.593 bits per heavy atom. The molecule has 0 radical (unpaired) electrons. The molecular formula is C42H50N6O11. The maximum Gasteiger partial charge on any atom is 0.328 e. The molecule has 3 fully saturated rings. The number of carbonyl (C=O) groups is 8. The zero-order valence-electron chi connectivity index (χ0n) is 33.6. The minimum Gasteiger partial charge on any atom is -0.488 e. The zero-order chi connectivity index (χ0) is 42.9. The van der Waals surface area contributed by atoms with Gasteiger partial charge in [0, 0.05) is 83.0 Å². The molecule has 0 atom stereocenters. The number of nitrogens with one attached hydrogen (secondary N) is 3. The van der Waals surface area contributed by atoms with Crippen LogP contribution in [0, 0.1) is 13.8 Å². The van der Waals surface area contributed by atoms with Crippen molar-refractivity contribution in [2.24, 2.45) is 0 Å². The summed E-state index contributed by atoms with van der Waals surface area (Å²) in [5.74, 6) is -0.0836. The molecule has 17 nitrogen and oxygen atoms in total. The average molecular weight is 815 g/mol. The van der Waals surface area contributed by atoms with E-state index in [4.69, 9.17) is 14.2 Å². The number of anilines is 3. The number of hydrogen-bond acceptors (Lipinski definition) is 11. The summed E-state index contributed by atoms with van der Waals surface area (Å²) < 4.78 is 15.6. The number of benzene rings is 3. The first-order valence-corrected chi connectivity index (χ1v) is 19.1. The van der Waals surface area contributed by atoms with Gasteiger partial charge in [0.25, 0.3) is 0 Å². The summed E-state index contributed by atoms with van der Waals surface area (Å²) in [6.45, 7) is 5.27. The summed E-state index contributed by atoms with van der Waals surface area (Å²) in [4.78, 5) is 94.2. The number of methoxy groups -OCH3 is 2. The molecule has 3 heterocycles. The van der Waals surface area contributed by atoms with E-state index in [2.05, 4.69) is 16.0 Å². The van der Waals surface area contributed by atoms with Crippen LogP contribution in [0.4, 0.5) is 31.4 Å². The predicted octanol–water partition coefficient (Wildman–Crippen LogP) is 4.28. The Hall–Kier alpha value is -6.46. The molecule has 3 aromatic rings. The number of aryl methyl sites for hydroxylation is 4. The molecule has 0 aliphatic carbocycles. The van der Waals surface area contributed by atoms with Crippen LogP contribution >= 0.6 is 0 Å². The van der Waals surface area contributed by atoms with E-state index in [9.17, 15) is 38.4 Å². The van der Waals surface area contributed by atoms with Gasteiger partial charge in [0.1, 0.15) is 24.9 Å². The number of carbonyl (C=O) groups excluding carboxylic acids is 8. The van der Waals surface area contributed by atoms with Gasteiger partial charge in [-0.2, -0.15) is 0 Å². The Morgan fingerprint density at radius 2 is 1.00 bits per heavy atom. The van der Waals surface area contributed by atoms with Crippen molar-refractivity contribution < 1.29 is 52.6 Å². The third-order valence-electron chi connectivity index (χ3n) is 9.45. The van der Waals surface area contributed by atoms with Gasteiger partial charge >= 0.3 is 18.1 Å². The van der Waals surface area contributed by atoms with Gasteiger partial charge in [0.2, 0.25) is 17.7 Å². The molecule has 3 saturated heterocycles. The second kappa shape index (κ2) is 22.5. The molecule has 17 heteroatoms. The number of hydrogen-bond donors (Lipinski definition) is 3. The SMILES string of the molecule is COC(COc1ccc(N2CCC(=O)NC2=O)cc1)OC.Cc1ccc(CCC=O)cc1N1CCC(=O)NC1=O.Cc1ccc(CCC=O)cc1N1CCC(=O)NC1=O. The molecule has 3 aliphatic rings. The Balaban J connectivity index is 0.000000196. The fourth-order valence-corrected chi connectivity index (χ4v) is 6.17. The minimum atomic E-state index is -0.427. The molecule has 0 spiro atoms. The summed E-state index contributed by atoms with van der Waals surface area (Å²) in [7, 11) is 3.08. The predicted molar refractivity (Wildman–Crippen MR) is 217 cm³/mol. The number of urea groups is 3. The summed E-state index contributed by atoms with van der Waals surface area (Å²) >= 11 is 0. The van der Waals surface area contributed by atoms with Crippen LogP contribution in [0.3, 0.4) is 0 Å². The second-order valence-corrected chi connectivity index (χ2v) is 13.6. The van der Waals surface area contributed by atoms with Crippen molar-refractivity contribution in [3.05, 3.63) is 82.9 Å². The van der Waals surface area contributed by atoms with Gasteiger partial charge in [-0.25, -0.2) is 14.4 Å². The molecule has 3 aliphatic heterocycles. The van der Waals surface area contributed by atoms with Crippen LogP contribution in [0.1, 0.15) is 54.4 Å². The van der Waals surface area contributed by atoms with Crippen molar-refractivity contribution in [3.63, 3.8) is 0 Å². The summed E-state index contributed by atoms with van der Waals surface area (Å²) in [5, 5.41) is 6.90. The van der Waals surface area contributed by atoms with Crippen LogP contribution < -0.4 is 35.4 Å². The van der Waals surface area contributed by atoms with E-state index in [1.807, 2.05) is 50.2 Å². The van der Waals surface area contributed by atoms with Crippen LogP contribution in [0.5, 0.6) is 5.75 Å². The topological polar surface area (TPSA) is 210 Å². The van der Waals surface area contributed by atoms with Gasteiger partial charge in [0.15, 0.2) is 6.29 Å². The highest BCUT2D eigenvalue weighted by molar-refractivity contribution is 6.07. The summed E-state index contributed by atoms with van der Waals surface area (Å²) in [6, 6.07) is 17.4. The monoisotopic (exact) mass is 814 g/mol. The molecule has 59 heavy (non-hydrogen) atoms. The molecule has 0 bridgehead atoms. The first-order valence-electron chi connectivity index (χ1n) is 19.1. The molecule has 6 rings (SSSR count). The van der Waals surface area contributed by atoms with Crippen molar-refractivity contribution in [3.8, 4) is 5.75 Å². The summed E-state index contributed by atoms with van der Waals surface area (Å²) in [5.41, 5.74) is 6.28. The number of nitrogens with zero attached hydrogens (tertiary/aromatic N) is 3. The lowest BCUT2D eigenvalue weighted by molar-refractivity contribution is -0.122. The molecule has 3 aromatic carbocycles. The van der Waals surface area contributed by atoms with Crippen molar-refractivity contribution in [2.45, 2.75) is 65.1 Å². The van der Waals surface area contributed by atoms with Crippen molar-refractivity contribution >= 4 is 65.4 Å². The van der Waals surface area contributed by atoms with E-state index in [1.165, 1.54) is 19.1 Å². The average Bonchev–Trinajstić information content (AvgIpc) is 3.22. The molecule has 0 saturated carbocycles. The standard InChI is InChI=1S/C14H18N2O5.2C14H16N2O3/c1-19-13(20-2)9-21-11-5-3-10(4-6-11)16-8-7-12(17)15-14(16)18;2*1-10-4-5-11(3-2-8-17)9-12(10)16-7-6-13(18)15-14(16)19/h3-6,13H,7-9H2,1-2H3,(H,15,17,18);2*4-5,8-9H,2-3,6-7H2,1H3,(H,15,18,19). The van der Waals surface area contributed by atoms with Crippen molar-refractivity contribution in [1.82, 2.24) is 16.0 Å². The zero-order valence-corrected chi connectivity index (χ0v) is 33.6. The van der Waals surface area contributed by atoms with Gasteiger partial charge in [0.05, 0.1) is 0 Å². The molecule has 0 aromatic heterocycles. The number of ether oxygens (including phenoxy) is 3. The highest BCUT2D eigenvalue weighted by Gasteiger charge is 2.27. The second-order valence-electron chi connectivity index (χ2n) is 13.6. The maximum absolute atomic E-state index is 11.8. The highest BCUT2D eigenvalue weighted by atomic mass is 16.7. The third-order valence-corrected chi connectivity index (χ3v) is 9.45. The largest absolute Gasteiger partial charge is 0.488 e. The quantitative estimate of drug-likeness (QED) is 0.155. The Kier molecular flexibility index (Phi) is 17.2. The van der Waals surface area contributed by atoms with Crippen molar-refractivity contribution in [1.29, 1.82) is 0 Å². The smallest absolute Gasteiger partial charge is 0.328 e. The van der Waals surface area contributed by atoms with E-state index >= 15 is 0 Å². The Bertz CT molecular complexity index is 1910. The fourth-order valence-electron chi connectivity index (χ4n) is 6.17. The molecular weight excluding hydrogens is 764 g/mol. The number of imide groups is 3. The van der Waals surface area contributed by atoms with E-state index < -0.39 is 12.3 Å². The molecule has 9 amide bonds. The van der Waals surface area contributed by atoms with Crippen LogP contribution in [0.15, 0.2) is 60.7 Å². The van der Waals surface area contributed by atoms with Gasteiger partial charge in [-0.3, -0.25) is 45.0 Å². The molecule has 3 N–H and O–H groups in total. The lowest BCUT2D eigenvalue weighted by Crippen LogP contribution is -2.49. The van der Waals surface area contributed by atoms with Crippen LogP contribution in [-0.4, -0.2) is 95.1 Å². The lowest BCUT2D eigenvalue weighted by Gasteiger charge is -2.28. The van der Waals surface area contributed by atoms with E-state index in [0.717, 1.165) is 46.2 Å². The van der Waals surface area contributed by atoms with Gasteiger partial charge in [-0.05, 0) is 85.3 Å². The highest BCUT2D eigenvalue weighted by Crippen LogP contribution is 2.26. The van der Waals surface area contributed by atoms with E-state index in [-0.39, 0.29) is 36.4 Å². The third kappa shape index (κ3) is 13.3. The number of aldehydes is 2. The molecule has 0 unspecified atom stereocenters. The fraction of sp³-hybridized carbons (Fsp3) is 0.381. The van der Waals surface area contributed by atoms with Crippen LogP contribution in [-0.2, 0) is 46.3 Å².